The molecule has 0 aliphatic rings. The van der Waals surface area contributed by atoms with E-state index in [9.17, 15) is 0 Å². The topological polar surface area (TPSA) is 41.3 Å². The van der Waals surface area contributed by atoms with Crippen LogP contribution in [0, 0.1) is 13.8 Å². The number of nitrogens with one attached hydrogen (secondary N) is 1. The molecular weight excluding hydrogens is 226 g/mol. The molecule has 1 heterocycles. The van der Waals surface area contributed by atoms with Crippen LogP contribution in [0.1, 0.15) is 16.8 Å². The molecule has 2 rings (SSSR count). The molecule has 2 aromatic rings. The van der Waals surface area contributed by atoms with E-state index < -0.39 is 0 Å². The number of oxazole rings is 1. The Kier molecular flexibility index (Phi) is 3.67. The van der Waals surface area contributed by atoms with Crippen molar-refractivity contribution in [3.8, 4) is 0 Å². The normalized spacial score (nSPS) is 10.7. The second-order valence-corrected chi connectivity index (χ2v) is 4.56. The lowest BCUT2D eigenvalue weighted by molar-refractivity contribution is 0.559. The van der Waals surface area contributed by atoms with E-state index in [4.69, 9.17) is 4.42 Å². The summed E-state index contributed by atoms with van der Waals surface area (Å²) in [4.78, 5) is 6.39. The molecule has 0 aliphatic heterocycles. The van der Waals surface area contributed by atoms with E-state index in [0.717, 1.165) is 11.4 Å². The van der Waals surface area contributed by atoms with Gasteiger partial charge in [0.1, 0.15) is 6.26 Å². The van der Waals surface area contributed by atoms with Crippen molar-refractivity contribution < 1.29 is 4.42 Å². The molecule has 0 saturated carbocycles. The van der Waals surface area contributed by atoms with E-state index in [1.54, 1.807) is 6.26 Å². The van der Waals surface area contributed by atoms with E-state index >= 15 is 0 Å². The predicted octanol–water partition coefficient (Wildman–Crippen LogP) is 2.78. The Morgan fingerprint density at radius 1 is 1.22 bits per heavy atom. The van der Waals surface area contributed by atoms with Gasteiger partial charge in [0.2, 0.25) is 0 Å². The van der Waals surface area contributed by atoms with Crippen LogP contribution in [0.2, 0.25) is 0 Å². The Morgan fingerprint density at radius 2 is 1.89 bits per heavy atom. The van der Waals surface area contributed by atoms with Gasteiger partial charge in [-0.05, 0) is 44.2 Å². The second-order valence-electron chi connectivity index (χ2n) is 4.56. The van der Waals surface area contributed by atoms with Crippen molar-refractivity contribution in [3.05, 3.63) is 41.3 Å². The van der Waals surface area contributed by atoms with E-state index in [-0.39, 0.29) is 0 Å². The third-order valence-corrected chi connectivity index (χ3v) is 2.78. The lowest BCUT2D eigenvalue weighted by Crippen LogP contribution is -2.11. The van der Waals surface area contributed by atoms with Crippen LogP contribution in [-0.4, -0.2) is 19.1 Å². The van der Waals surface area contributed by atoms with Crippen molar-refractivity contribution in [2.24, 2.45) is 0 Å². The molecule has 1 aromatic heterocycles. The van der Waals surface area contributed by atoms with Gasteiger partial charge in [0, 0.05) is 19.3 Å². The first-order chi connectivity index (χ1) is 8.60. The molecule has 0 amide bonds. The monoisotopic (exact) mass is 245 g/mol. The third kappa shape index (κ3) is 2.71. The minimum absolute atomic E-state index is 0.616. The van der Waals surface area contributed by atoms with Crippen molar-refractivity contribution in [1.82, 2.24) is 10.3 Å². The molecule has 1 aromatic carbocycles. The summed E-state index contributed by atoms with van der Waals surface area (Å²) >= 11 is 0. The highest BCUT2D eigenvalue weighted by molar-refractivity contribution is 5.57. The summed E-state index contributed by atoms with van der Waals surface area (Å²) in [7, 11) is 3.85. The Bertz CT molecular complexity index is 513. The highest BCUT2D eigenvalue weighted by Gasteiger charge is 2.11. The number of rotatable bonds is 4. The molecule has 0 aliphatic carbocycles. The third-order valence-electron chi connectivity index (χ3n) is 2.78. The number of hydrogen-bond acceptors (Lipinski definition) is 4. The van der Waals surface area contributed by atoms with E-state index in [1.807, 2.05) is 19.0 Å². The molecule has 18 heavy (non-hydrogen) atoms. The first kappa shape index (κ1) is 12.6. The molecule has 0 bridgehead atoms. The zero-order valence-electron chi connectivity index (χ0n) is 11.3. The first-order valence-electron chi connectivity index (χ1n) is 6.01. The molecule has 0 atom stereocenters. The molecule has 0 fully saturated rings. The summed E-state index contributed by atoms with van der Waals surface area (Å²) < 4.78 is 5.49. The van der Waals surface area contributed by atoms with Gasteiger partial charge in [-0.3, -0.25) is 4.90 Å². The van der Waals surface area contributed by atoms with Gasteiger partial charge in [-0.2, -0.15) is 4.98 Å². The van der Waals surface area contributed by atoms with Gasteiger partial charge >= 0.3 is 6.01 Å². The lowest BCUT2D eigenvalue weighted by atomic mass is 10.1. The smallest absolute Gasteiger partial charge is 0.301 e. The average molecular weight is 245 g/mol. The van der Waals surface area contributed by atoms with Crippen molar-refractivity contribution in [2.75, 3.05) is 19.0 Å². The first-order valence-corrected chi connectivity index (χ1v) is 6.01. The highest BCUT2D eigenvalue weighted by Crippen LogP contribution is 2.24. The summed E-state index contributed by atoms with van der Waals surface area (Å²) in [6.07, 6.45) is 1.69. The standard InChI is InChI=1S/C14H19N3O/c1-10-5-11(2)7-13(6-10)17(4)14-16-12(8-15-3)9-18-14/h5-7,9,15H,8H2,1-4H3. The number of aryl methyl sites for hydroxylation is 2. The van der Waals surface area contributed by atoms with Gasteiger partial charge in [0.05, 0.1) is 5.69 Å². The van der Waals surface area contributed by atoms with Crippen LogP contribution in [0.25, 0.3) is 0 Å². The molecular formula is C14H19N3O. The van der Waals surface area contributed by atoms with Crippen LogP contribution in [0.5, 0.6) is 0 Å². The Labute approximate surface area is 108 Å². The maximum absolute atomic E-state index is 5.49. The van der Waals surface area contributed by atoms with E-state index in [1.165, 1.54) is 11.1 Å². The SMILES string of the molecule is CNCc1coc(N(C)c2cc(C)cc(C)c2)n1. The molecule has 0 spiro atoms. The molecule has 1 N–H and O–H groups in total. The van der Waals surface area contributed by atoms with E-state index in [0.29, 0.717) is 12.6 Å². The van der Waals surface area contributed by atoms with Crippen LogP contribution < -0.4 is 10.2 Å². The summed E-state index contributed by atoms with van der Waals surface area (Å²) in [5.41, 5.74) is 4.46. The average Bonchev–Trinajstić information content (AvgIpc) is 2.76. The molecule has 0 saturated heterocycles. The van der Waals surface area contributed by atoms with Crippen LogP contribution in [0.4, 0.5) is 11.7 Å². The largest absolute Gasteiger partial charge is 0.431 e. The zero-order chi connectivity index (χ0) is 13.1. The van der Waals surface area contributed by atoms with Gasteiger partial charge in [0.15, 0.2) is 0 Å². The summed E-state index contributed by atoms with van der Waals surface area (Å²) in [6, 6.07) is 7.01. The van der Waals surface area contributed by atoms with Crippen LogP contribution in [0.15, 0.2) is 28.9 Å². The zero-order valence-corrected chi connectivity index (χ0v) is 11.3. The number of aromatic nitrogens is 1. The van der Waals surface area contributed by atoms with Crippen LogP contribution >= 0.6 is 0 Å². The Balaban J connectivity index is 2.26. The van der Waals surface area contributed by atoms with Gasteiger partial charge in [-0.1, -0.05) is 6.07 Å². The number of anilines is 2. The lowest BCUT2D eigenvalue weighted by Gasteiger charge is -2.15. The maximum Gasteiger partial charge on any atom is 0.301 e. The molecule has 4 heteroatoms. The Morgan fingerprint density at radius 3 is 2.50 bits per heavy atom. The maximum atomic E-state index is 5.49. The number of benzene rings is 1. The van der Waals surface area contributed by atoms with Gasteiger partial charge in [-0.15, -0.1) is 0 Å². The number of hydrogen-bond donors (Lipinski definition) is 1. The van der Waals surface area contributed by atoms with E-state index in [2.05, 4.69) is 42.3 Å². The molecule has 0 radical (unpaired) electrons. The van der Waals surface area contributed by atoms with Gasteiger partial charge in [-0.25, -0.2) is 0 Å². The fraction of sp³-hybridized carbons (Fsp3) is 0.357. The summed E-state index contributed by atoms with van der Waals surface area (Å²) in [5.74, 6) is 0. The molecule has 0 unspecified atom stereocenters. The van der Waals surface area contributed by atoms with Gasteiger partial charge < -0.3 is 9.73 Å². The van der Waals surface area contributed by atoms with Gasteiger partial charge in [0.25, 0.3) is 0 Å². The summed E-state index contributed by atoms with van der Waals surface area (Å²) in [6.45, 7) is 4.89. The number of nitrogens with zero attached hydrogens (tertiary/aromatic N) is 2. The highest BCUT2D eigenvalue weighted by atomic mass is 16.4. The van der Waals surface area contributed by atoms with Crippen LogP contribution in [0.3, 0.4) is 0 Å². The Hall–Kier alpha value is -1.81. The van der Waals surface area contributed by atoms with Crippen molar-refractivity contribution in [2.45, 2.75) is 20.4 Å². The minimum Gasteiger partial charge on any atom is -0.431 e. The predicted molar refractivity (Wildman–Crippen MR) is 73.2 cm³/mol. The quantitative estimate of drug-likeness (QED) is 0.899. The van der Waals surface area contributed by atoms with Crippen LogP contribution in [-0.2, 0) is 6.54 Å². The minimum atomic E-state index is 0.616. The second kappa shape index (κ2) is 5.23. The van der Waals surface area contributed by atoms with Crippen molar-refractivity contribution in [1.29, 1.82) is 0 Å². The summed E-state index contributed by atoms with van der Waals surface area (Å²) in [5, 5.41) is 3.05. The van der Waals surface area contributed by atoms with Crippen molar-refractivity contribution >= 4 is 11.7 Å². The molecule has 4 nitrogen and oxygen atoms in total. The van der Waals surface area contributed by atoms with Crippen molar-refractivity contribution in [3.63, 3.8) is 0 Å². The fourth-order valence-electron chi connectivity index (χ4n) is 1.97. The fourth-order valence-corrected chi connectivity index (χ4v) is 1.97. The molecule has 96 valence electrons.